The molecule has 0 radical (unpaired) electrons. The van der Waals surface area contributed by atoms with E-state index in [1.165, 1.54) is 6.08 Å². The van der Waals surface area contributed by atoms with Crippen LogP contribution in [0.15, 0.2) is 38.6 Å². The summed E-state index contributed by atoms with van der Waals surface area (Å²) in [6.07, 6.45) is 1.43. The van der Waals surface area contributed by atoms with Crippen molar-refractivity contribution >= 4 is 11.8 Å². The third-order valence-corrected chi connectivity index (χ3v) is 1.76. The van der Waals surface area contributed by atoms with Gasteiger partial charge in [0.05, 0.1) is 5.69 Å². The Hall–Kier alpha value is -2.46. The van der Waals surface area contributed by atoms with E-state index in [0.717, 1.165) is 0 Å². The number of aromatic amines is 1. The molecule has 1 N–H and O–H groups in total. The number of aromatic nitrogens is 2. The fraction of sp³-hybridized carbons (Fsp3) is 0. The quantitative estimate of drug-likeness (QED) is 0.582. The molecule has 2 rings (SSSR count). The summed E-state index contributed by atoms with van der Waals surface area (Å²) in [6.45, 7) is 0. The third-order valence-electron chi connectivity index (χ3n) is 1.76. The van der Waals surface area contributed by atoms with Crippen LogP contribution in [-0.2, 0) is 4.79 Å². The molecule has 0 atom stereocenters. The molecule has 0 fully saturated rings. The van der Waals surface area contributed by atoms with E-state index in [9.17, 15) is 9.59 Å². The predicted octanol–water partition coefficient (Wildman–Crippen LogP) is 0.997. The smallest absolute Gasteiger partial charge is 0.296 e. The number of nitrogens with one attached hydrogen (secondary N) is 1. The summed E-state index contributed by atoms with van der Waals surface area (Å²) in [5, 5.41) is 3.51. The minimum Gasteiger partial charge on any atom is -0.296 e. The average molecular weight is 203 g/mol. The van der Waals surface area contributed by atoms with E-state index in [1.807, 2.05) is 0 Å². The number of hydrogen-bond donors (Lipinski definition) is 1. The van der Waals surface area contributed by atoms with Crippen LogP contribution in [0.1, 0.15) is 0 Å². The van der Waals surface area contributed by atoms with Crippen molar-refractivity contribution in [3.63, 3.8) is 0 Å². The van der Waals surface area contributed by atoms with Crippen molar-refractivity contribution in [2.75, 3.05) is 0 Å². The third kappa shape index (κ3) is 1.90. The second kappa shape index (κ2) is 3.73. The highest BCUT2D eigenvalue weighted by atomic mass is 16.5. The highest BCUT2D eigenvalue weighted by molar-refractivity contribution is 5.59. The van der Waals surface area contributed by atoms with Gasteiger partial charge < -0.3 is 0 Å². The van der Waals surface area contributed by atoms with E-state index < -0.39 is 5.76 Å². The Morgan fingerprint density at radius 2 is 2.07 bits per heavy atom. The Morgan fingerprint density at radius 3 is 2.60 bits per heavy atom. The zero-order valence-corrected chi connectivity index (χ0v) is 7.43. The summed E-state index contributed by atoms with van der Waals surface area (Å²) < 4.78 is 4.35. The van der Waals surface area contributed by atoms with Crippen LogP contribution in [0.25, 0.3) is 11.4 Å². The van der Waals surface area contributed by atoms with Crippen molar-refractivity contribution in [2.45, 2.75) is 0 Å². The van der Waals surface area contributed by atoms with Gasteiger partial charge in [0, 0.05) is 5.56 Å². The zero-order chi connectivity index (χ0) is 10.7. The molecule has 2 aromatic rings. The number of nitrogens with zero attached hydrogens (tertiary/aromatic N) is 2. The number of benzene rings is 1. The van der Waals surface area contributed by atoms with Gasteiger partial charge in [0.2, 0.25) is 6.08 Å². The van der Waals surface area contributed by atoms with Crippen LogP contribution in [-0.4, -0.2) is 16.2 Å². The number of carbonyl (C=O) groups excluding carboxylic acids is 1. The SMILES string of the molecule is O=C=Nc1ccc(-c2noc(=O)[nH]2)cc1. The maximum atomic E-state index is 10.7. The Labute approximate surface area is 83.3 Å². The fourth-order valence-corrected chi connectivity index (χ4v) is 1.10. The first kappa shape index (κ1) is 9.11. The second-order valence-electron chi connectivity index (χ2n) is 2.69. The second-order valence-corrected chi connectivity index (χ2v) is 2.69. The van der Waals surface area contributed by atoms with E-state index >= 15 is 0 Å². The summed E-state index contributed by atoms with van der Waals surface area (Å²) in [5.41, 5.74) is 1.16. The molecule has 0 aliphatic rings. The first-order valence-electron chi connectivity index (χ1n) is 4.04. The summed E-state index contributed by atoms with van der Waals surface area (Å²) in [7, 11) is 0. The van der Waals surface area contributed by atoms with Crippen molar-refractivity contribution in [1.29, 1.82) is 0 Å². The van der Waals surface area contributed by atoms with Gasteiger partial charge in [-0.05, 0) is 24.3 Å². The minimum absolute atomic E-state index is 0.335. The van der Waals surface area contributed by atoms with Crippen molar-refractivity contribution in [1.82, 2.24) is 10.1 Å². The van der Waals surface area contributed by atoms with Gasteiger partial charge in [-0.1, -0.05) is 5.16 Å². The summed E-state index contributed by atoms with van der Waals surface area (Å²) >= 11 is 0. The van der Waals surface area contributed by atoms with Gasteiger partial charge >= 0.3 is 5.76 Å². The van der Waals surface area contributed by atoms with Crippen LogP contribution >= 0.6 is 0 Å². The molecule has 0 amide bonds. The molecule has 0 bridgehead atoms. The van der Waals surface area contributed by atoms with Crippen molar-refractivity contribution < 1.29 is 9.32 Å². The van der Waals surface area contributed by atoms with Gasteiger partial charge in [0.1, 0.15) is 0 Å². The molecule has 0 spiro atoms. The highest BCUT2D eigenvalue weighted by Gasteiger charge is 2.03. The maximum absolute atomic E-state index is 10.7. The summed E-state index contributed by atoms with van der Waals surface area (Å²) in [5.74, 6) is -0.276. The van der Waals surface area contributed by atoms with Crippen molar-refractivity contribution in [2.24, 2.45) is 4.99 Å². The largest absolute Gasteiger partial charge is 0.439 e. The van der Waals surface area contributed by atoms with Gasteiger partial charge in [-0.3, -0.25) is 9.51 Å². The first-order valence-corrected chi connectivity index (χ1v) is 4.04. The van der Waals surface area contributed by atoms with E-state index in [0.29, 0.717) is 17.1 Å². The molecule has 6 nitrogen and oxygen atoms in total. The molecule has 0 saturated carbocycles. The number of hydrogen-bond acceptors (Lipinski definition) is 5. The Kier molecular flexibility index (Phi) is 2.26. The van der Waals surface area contributed by atoms with E-state index in [-0.39, 0.29) is 0 Å². The Bertz CT molecular complexity index is 561. The molecule has 74 valence electrons. The Balaban J connectivity index is 2.39. The predicted molar refractivity (Wildman–Crippen MR) is 50.3 cm³/mol. The molecule has 0 aliphatic heterocycles. The summed E-state index contributed by atoms with van der Waals surface area (Å²) in [4.78, 5) is 26.5. The van der Waals surface area contributed by atoms with Crippen LogP contribution in [0, 0.1) is 0 Å². The van der Waals surface area contributed by atoms with E-state index in [1.54, 1.807) is 24.3 Å². The lowest BCUT2D eigenvalue weighted by Gasteiger charge is -1.94. The summed E-state index contributed by atoms with van der Waals surface area (Å²) in [6, 6.07) is 6.52. The molecule has 0 unspecified atom stereocenters. The molecule has 6 heteroatoms. The molecule has 0 aliphatic carbocycles. The van der Waals surface area contributed by atoms with Crippen LogP contribution < -0.4 is 5.76 Å². The lowest BCUT2D eigenvalue weighted by Crippen LogP contribution is -1.94. The number of aliphatic imine (C=N–C) groups is 1. The molecule has 1 aromatic heterocycles. The minimum atomic E-state index is -0.611. The number of H-pyrrole nitrogens is 1. The molecule has 15 heavy (non-hydrogen) atoms. The van der Waals surface area contributed by atoms with Crippen LogP contribution in [0.5, 0.6) is 0 Å². The van der Waals surface area contributed by atoms with Crippen molar-refractivity contribution in [3.05, 3.63) is 34.8 Å². The zero-order valence-electron chi connectivity index (χ0n) is 7.43. The van der Waals surface area contributed by atoms with Gasteiger partial charge in [0.15, 0.2) is 5.82 Å². The van der Waals surface area contributed by atoms with E-state index in [4.69, 9.17) is 0 Å². The highest BCUT2D eigenvalue weighted by Crippen LogP contribution is 2.18. The van der Waals surface area contributed by atoms with Crippen molar-refractivity contribution in [3.8, 4) is 11.4 Å². The first-order chi connectivity index (χ1) is 7.29. The maximum Gasteiger partial charge on any atom is 0.439 e. The van der Waals surface area contributed by atoms with Crippen LogP contribution in [0.2, 0.25) is 0 Å². The number of rotatable bonds is 2. The standard InChI is InChI=1S/C9H5N3O3/c13-5-10-7-3-1-6(2-4-7)8-11-9(14)15-12-8/h1-4H,(H,11,12,14). The Morgan fingerprint density at radius 1 is 1.33 bits per heavy atom. The lowest BCUT2D eigenvalue weighted by molar-refractivity contribution is 0.388. The topological polar surface area (TPSA) is 88.3 Å². The normalized spacial score (nSPS) is 9.60. The van der Waals surface area contributed by atoms with Gasteiger partial charge in [-0.25, -0.2) is 9.59 Å². The molecule has 0 saturated heterocycles. The molecule has 1 heterocycles. The molecular formula is C9H5N3O3. The average Bonchev–Trinajstić information content (AvgIpc) is 2.67. The van der Waals surface area contributed by atoms with Crippen LogP contribution in [0.3, 0.4) is 0 Å². The fourth-order valence-electron chi connectivity index (χ4n) is 1.10. The molecule has 1 aromatic carbocycles. The number of isocyanates is 1. The lowest BCUT2D eigenvalue weighted by atomic mass is 10.2. The van der Waals surface area contributed by atoms with Crippen LogP contribution in [0.4, 0.5) is 5.69 Å². The molecular weight excluding hydrogens is 198 g/mol. The van der Waals surface area contributed by atoms with Gasteiger partial charge in [-0.2, -0.15) is 4.99 Å². The monoisotopic (exact) mass is 203 g/mol. The van der Waals surface area contributed by atoms with Gasteiger partial charge in [-0.15, -0.1) is 0 Å². The van der Waals surface area contributed by atoms with E-state index in [2.05, 4.69) is 19.7 Å². The van der Waals surface area contributed by atoms with Gasteiger partial charge in [0.25, 0.3) is 0 Å².